The largest absolute Gasteiger partial charge is 0.465 e. The highest BCUT2D eigenvalue weighted by atomic mass is 32.2. The first-order chi connectivity index (χ1) is 17.7. The molecule has 0 saturated heterocycles. The molecule has 2 aliphatic rings. The van der Waals surface area contributed by atoms with Crippen LogP contribution in [-0.4, -0.2) is 53.3 Å². The van der Waals surface area contributed by atoms with Gasteiger partial charge >= 0.3 is 5.97 Å². The Morgan fingerprint density at radius 1 is 0.842 bits per heavy atom. The van der Waals surface area contributed by atoms with Crippen molar-refractivity contribution in [1.29, 1.82) is 0 Å². The van der Waals surface area contributed by atoms with E-state index in [0.29, 0.717) is 18.4 Å². The van der Waals surface area contributed by atoms with Crippen LogP contribution in [0.4, 0.5) is 0 Å². The van der Waals surface area contributed by atoms with Gasteiger partial charge in [0, 0.05) is 5.56 Å². The number of nitrogens with two attached hydrogens (primary N) is 2. The van der Waals surface area contributed by atoms with Crippen LogP contribution in [0.3, 0.4) is 0 Å². The molecule has 206 valence electrons. The van der Waals surface area contributed by atoms with Crippen LogP contribution >= 0.6 is 0 Å². The highest BCUT2D eigenvalue weighted by molar-refractivity contribution is 7.92. The molecule has 0 saturated carbocycles. The topological polar surface area (TPSA) is 176 Å². The average molecular weight is 564 g/mol. The molecule has 12 heteroatoms. The third kappa shape index (κ3) is 5.60. The van der Waals surface area contributed by atoms with Crippen LogP contribution in [0.1, 0.15) is 82.5 Å². The summed E-state index contributed by atoms with van der Waals surface area (Å²) in [6.07, 6.45) is 1.27. The van der Waals surface area contributed by atoms with E-state index < -0.39 is 31.6 Å². The van der Waals surface area contributed by atoms with Crippen LogP contribution in [0.5, 0.6) is 0 Å². The van der Waals surface area contributed by atoms with Gasteiger partial charge in [-0.05, 0) is 59.1 Å². The fourth-order valence-electron chi connectivity index (χ4n) is 4.88. The Labute approximate surface area is 223 Å². The number of methoxy groups -OCH3 is 1. The second-order valence-corrected chi connectivity index (χ2v) is 13.5. The second kappa shape index (κ2) is 10.9. The van der Waals surface area contributed by atoms with E-state index in [2.05, 4.69) is 4.99 Å². The van der Waals surface area contributed by atoms with Crippen LogP contribution in [-0.2, 0) is 37.3 Å². The number of rotatable bonds is 4. The lowest BCUT2D eigenvalue weighted by atomic mass is 9.96. The van der Waals surface area contributed by atoms with Crippen molar-refractivity contribution in [3.63, 3.8) is 0 Å². The maximum absolute atomic E-state index is 12.1. The Kier molecular flexibility index (Phi) is 8.37. The number of aliphatic imine (C=N–C) groups is 1. The first-order valence-electron chi connectivity index (χ1n) is 12.2. The number of nitrogens with zero attached hydrogens (tertiary/aromatic N) is 1. The normalized spacial score (nSPS) is 19.9. The number of benzene rings is 2. The second-order valence-electron chi connectivity index (χ2n) is 9.50. The Balaban J connectivity index is 0.000000212. The number of carbonyl (C=O) groups excluding carboxylic acids is 2. The molecule has 4 rings (SSSR count). The summed E-state index contributed by atoms with van der Waals surface area (Å²) in [5, 5.41) is 0. The predicted molar refractivity (Wildman–Crippen MR) is 144 cm³/mol. The molecule has 38 heavy (non-hydrogen) atoms. The van der Waals surface area contributed by atoms with Gasteiger partial charge in [-0.25, -0.2) is 21.6 Å². The van der Waals surface area contributed by atoms with Gasteiger partial charge in [0.15, 0.2) is 25.6 Å². The first kappa shape index (κ1) is 29.3. The fraction of sp³-hybridized carbons (Fsp3) is 0.423. The molecule has 0 spiro atoms. The number of hydrogen-bond donors (Lipinski definition) is 2. The zero-order valence-electron chi connectivity index (χ0n) is 22.1. The van der Waals surface area contributed by atoms with Gasteiger partial charge in [-0.3, -0.25) is 4.79 Å². The minimum absolute atomic E-state index is 0.0120. The summed E-state index contributed by atoms with van der Waals surface area (Å²) in [6, 6.07) is 6.48. The van der Waals surface area contributed by atoms with Crippen LogP contribution in [0.2, 0.25) is 0 Å². The van der Waals surface area contributed by atoms with Gasteiger partial charge in [-0.1, -0.05) is 39.8 Å². The number of ether oxygens (including phenoxy) is 1. The molecule has 4 N–H and O–H groups in total. The van der Waals surface area contributed by atoms with Crippen LogP contribution in [0.15, 0.2) is 39.0 Å². The van der Waals surface area contributed by atoms with E-state index in [-0.39, 0.29) is 44.7 Å². The standard InChI is InChI=1S/C13H17N3O3S.C13H16O4S/c1-3-8-4-9-7(2)6-20(18,19)11(9)5-10(8)12(17)16-13(14)15;1-4-9-5-10-8(2)7-18(15,16)12(10)6-11(9)13(14)17-3/h4-5,7H,3,6H2,1-2H3,(H4,14,15,16,17);5-6,8H,4,7H2,1-3H3. The zero-order valence-corrected chi connectivity index (χ0v) is 23.7. The molecule has 2 aliphatic heterocycles. The summed E-state index contributed by atoms with van der Waals surface area (Å²) >= 11 is 0. The number of fused-ring (bicyclic) bond motifs is 2. The van der Waals surface area contributed by atoms with Gasteiger partial charge in [0.1, 0.15) is 0 Å². The van der Waals surface area contributed by atoms with Gasteiger partial charge in [0.05, 0.1) is 34.0 Å². The number of guanidine groups is 1. The minimum atomic E-state index is -3.33. The summed E-state index contributed by atoms with van der Waals surface area (Å²) in [5.74, 6) is -1.31. The van der Waals surface area contributed by atoms with Crippen molar-refractivity contribution in [3.05, 3.63) is 57.6 Å². The van der Waals surface area contributed by atoms with Crippen molar-refractivity contribution in [2.24, 2.45) is 16.5 Å². The SMILES string of the molecule is CCc1cc2c(cc1C(=O)N=C(N)N)S(=O)(=O)CC2C.CCc1cc2c(cc1C(=O)OC)S(=O)(=O)CC2C. The molecule has 0 aliphatic carbocycles. The van der Waals surface area contributed by atoms with E-state index in [4.69, 9.17) is 16.2 Å². The van der Waals surface area contributed by atoms with Crippen molar-refractivity contribution in [1.82, 2.24) is 0 Å². The molecule has 0 radical (unpaired) electrons. The van der Waals surface area contributed by atoms with E-state index in [9.17, 15) is 26.4 Å². The molecule has 10 nitrogen and oxygen atoms in total. The third-order valence-corrected chi connectivity index (χ3v) is 10.7. The summed E-state index contributed by atoms with van der Waals surface area (Å²) in [6.45, 7) is 7.57. The highest BCUT2D eigenvalue weighted by Gasteiger charge is 2.35. The maximum Gasteiger partial charge on any atom is 0.338 e. The van der Waals surface area contributed by atoms with Crippen molar-refractivity contribution in [3.8, 4) is 0 Å². The monoisotopic (exact) mass is 563 g/mol. The van der Waals surface area contributed by atoms with Gasteiger partial charge in [0.2, 0.25) is 0 Å². The summed E-state index contributed by atoms with van der Waals surface area (Å²) < 4.78 is 52.8. The van der Waals surface area contributed by atoms with E-state index in [1.165, 1.54) is 19.2 Å². The van der Waals surface area contributed by atoms with E-state index in [1.807, 2.05) is 33.8 Å². The smallest absolute Gasteiger partial charge is 0.338 e. The molecular formula is C26H33N3O7S2. The Morgan fingerprint density at radius 3 is 1.66 bits per heavy atom. The molecule has 2 aromatic carbocycles. The maximum atomic E-state index is 12.1. The van der Waals surface area contributed by atoms with Crippen LogP contribution in [0.25, 0.3) is 0 Å². The average Bonchev–Trinajstić information content (AvgIpc) is 3.22. The molecule has 2 heterocycles. The molecule has 0 bridgehead atoms. The Bertz CT molecular complexity index is 1540. The Hall–Kier alpha value is -3.25. The quantitative estimate of drug-likeness (QED) is 0.321. The number of amides is 1. The Morgan fingerprint density at radius 2 is 1.26 bits per heavy atom. The molecular weight excluding hydrogens is 530 g/mol. The molecule has 1 amide bonds. The lowest BCUT2D eigenvalue weighted by molar-refractivity contribution is 0.0599. The van der Waals surface area contributed by atoms with Crippen molar-refractivity contribution in [2.75, 3.05) is 18.6 Å². The lowest BCUT2D eigenvalue weighted by Crippen LogP contribution is -2.24. The molecule has 0 fully saturated rings. The minimum Gasteiger partial charge on any atom is -0.465 e. The zero-order chi connectivity index (χ0) is 28.6. The highest BCUT2D eigenvalue weighted by Crippen LogP contribution is 2.38. The summed E-state index contributed by atoms with van der Waals surface area (Å²) in [5.41, 5.74) is 14.2. The number of sulfone groups is 2. The molecule has 2 unspecified atom stereocenters. The third-order valence-electron chi connectivity index (χ3n) is 6.77. The van der Waals surface area contributed by atoms with Crippen LogP contribution < -0.4 is 11.5 Å². The van der Waals surface area contributed by atoms with Gasteiger partial charge < -0.3 is 16.2 Å². The number of esters is 1. The summed E-state index contributed by atoms with van der Waals surface area (Å²) in [7, 11) is -5.28. The number of carbonyl (C=O) groups is 2. The first-order valence-corrected chi connectivity index (χ1v) is 15.5. The number of hydrogen-bond acceptors (Lipinski definition) is 7. The number of aryl methyl sites for hydroxylation is 2. The molecule has 0 aromatic heterocycles. The van der Waals surface area contributed by atoms with Gasteiger partial charge in [0.25, 0.3) is 5.91 Å². The van der Waals surface area contributed by atoms with E-state index >= 15 is 0 Å². The molecule has 2 atom stereocenters. The van der Waals surface area contributed by atoms with E-state index in [1.54, 1.807) is 6.07 Å². The van der Waals surface area contributed by atoms with Gasteiger partial charge in [-0.15, -0.1) is 0 Å². The fourth-order valence-corrected chi connectivity index (χ4v) is 8.74. The lowest BCUT2D eigenvalue weighted by Gasteiger charge is -2.10. The summed E-state index contributed by atoms with van der Waals surface area (Å²) in [4.78, 5) is 27.6. The van der Waals surface area contributed by atoms with Crippen molar-refractivity contribution >= 4 is 37.5 Å². The van der Waals surface area contributed by atoms with E-state index in [0.717, 1.165) is 22.3 Å². The predicted octanol–water partition coefficient (Wildman–Crippen LogP) is 2.48. The van der Waals surface area contributed by atoms with Gasteiger partial charge in [-0.2, -0.15) is 4.99 Å². The molecule has 2 aromatic rings. The van der Waals surface area contributed by atoms with Crippen LogP contribution in [0, 0.1) is 0 Å². The van der Waals surface area contributed by atoms with Crippen molar-refractivity contribution < 1.29 is 31.2 Å². The van der Waals surface area contributed by atoms with Crippen molar-refractivity contribution in [2.45, 2.75) is 62.2 Å².